The Kier molecular flexibility index (Phi) is 4.27. The largest absolute Gasteiger partial charge is 0.432 e. The lowest BCUT2D eigenvalue weighted by atomic mass is 10.3. The van der Waals surface area contributed by atoms with Gasteiger partial charge in [0.2, 0.25) is 0 Å². The summed E-state index contributed by atoms with van der Waals surface area (Å²) in [7, 11) is 0. The number of carbonyl (C=O) groups excluding carboxylic acids is 1. The predicted octanol–water partition coefficient (Wildman–Crippen LogP) is 0.323. The Morgan fingerprint density at radius 3 is 3.14 bits per heavy atom. The number of rotatable bonds is 5. The molecule has 0 aliphatic rings. The van der Waals surface area contributed by atoms with Crippen molar-refractivity contribution in [3.8, 4) is 0 Å². The molecule has 1 heterocycles. The maximum atomic E-state index is 11.1. The molecule has 0 saturated heterocycles. The zero-order chi connectivity index (χ0) is 10.4. The smallest absolute Gasteiger partial charge is 0.295 e. The Labute approximate surface area is 85.0 Å². The molecule has 14 heavy (non-hydrogen) atoms. The summed E-state index contributed by atoms with van der Waals surface area (Å²) in [6, 6.07) is -0.304. The summed E-state index contributed by atoms with van der Waals surface area (Å²) in [5.41, 5.74) is 1.58. The molecule has 78 valence electrons. The molecule has 7 heteroatoms. The third kappa shape index (κ3) is 2.93. The normalized spacial score (nSPS) is 12.1. The second kappa shape index (κ2) is 5.51. The van der Waals surface area contributed by atoms with Crippen molar-refractivity contribution >= 4 is 23.7 Å². The van der Waals surface area contributed by atoms with Crippen LogP contribution < -0.4 is 10.8 Å². The van der Waals surface area contributed by atoms with E-state index in [9.17, 15) is 4.79 Å². The quantitative estimate of drug-likeness (QED) is 0.486. The van der Waals surface area contributed by atoms with E-state index in [1.165, 1.54) is 24.2 Å². The van der Waals surface area contributed by atoms with Gasteiger partial charge < -0.3 is 9.73 Å². The van der Waals surface area contributed by atoms with Crippen molar-refractivity contribution < 1.29 is 14.4 Å². The molecule has 1 aromatic rings. The number of thioether (sulfide) groups is 1. The minimum absolute atomic E-state index is 0.257. The molecule has 3 N–H and O–H groups in total. The van der Waals surface area contributed by atoms with Crippen LogP contribution >= 0.6 is 11.8 Å². The molecule has 1 rings (SSSR count). The fraction of sp³-hybridized carbons (Fsp3) is 0.429. The molecule has 1 unspecified atom stereocenters. The molecule has 1 atom stereocenters. The first-order valence-corrected chi connectivity index (χ1v) is 5.26. The Morgan fingerprint density at radius 1 is 1.86 bits per heavy atom. The van der Waals surface area contributed by atoms with Crippen molar-refractivity contribution in [2.45, 2.75) is 6.04 Å². The number of hydrogen-bond donors (Lipinski definition) is 3. The number of nitrogens with one attached hydrogen (secondary N) is 2. The number of hydrogen-bond acceptors (Lipinski definition) is 6. The molecule has 0 fully saturated rings. The van der Waals surface area contributed by atoms with Crippen molar-refractivity contribution in [3.05, 3.63) is 12.5 Å². The summed E-state index contributed by atoms with van der Waals surface area (Å²) in [5.74, 6) is -0.00745. The minimum atomic E-state index is -0.561. The van der Waals surface area contributed by atoms with Crippen LogP contribution in [-0.2, 0) is 4.79 Å². The first kappa shape index (κ1) is 10.9. The Hall–Kier alpha value is -1.21. The van der Waals surface area contributed by atoms with Gasteiger partial charge in [0.05, 0.1) is 6.20 Å². The fourth-order valence-electron chi connectivity index (χ4n) is 0.871. The van der Waals surface area contributed by atoms with Gasteiger partial charge in [-0.2, -0.15) is 11.8 Å². The molecule has 0 aromatic carbocycles. The molecule has 0 aliphatic carbocycles. The minimum Gasteiger partial charge on any atom is -0.432 e. The summed E-state index contributed by atoms with van der Waals surface area (Å²) in [5, 5.41) is 11.2. The van der Waals surface area contributed by atoms with Gasteiger partial charge in [-0.1, -0.05) is 0 Å². The molecule has 1 amide bonds. The van der Waals surface area contributed by atoms with Gasteiger partial charge in [-0.3, -0.25) is 10.0 Å². The van der Waals surface area contributed by atoms with Crippen LogP contribution in [0.5, 0.6) is 0 Å². The van der Waals surface area contributed by atoms with Gasteiger partial charge in [-0.05, 0) is 6.26 Å². The molecular weight excluding hydrogens is 206 g/mol. The predicted molar refractivity (Wildman–Crippen MR) is 52.2 cm³/mol. The second-order valence-corrected chi connectivity index (χ2v) is 3.38. The topological polar surface area (TPSA) is 87.4 Å². The third-order valence-corrected chi connectivity index (χ3v) is 2.16. The molecule has 0 spiro atoms. The molecule has 0 radical (unpaired) electrons. The standard InChI is InChI=1S/C7H11N3O3S/c1-14-4-5(6(11)10-12)9-7-8-2-3-13-7/h2-3,5,12H,4H2,1H3,(H,8,9)(H,10,11). The van der Waals surface area contributed by atoms with E-state index in [2.05, 4.69) is 10.3 Å². The Bertz CT molecular complexity index is 278. The molecular formula is C7H11N3O3S. The molecule has 0 bridgehead atoms. The van der Waals surface area contributed by atoms with Gasteiger partial charge in [0.15, 0.2) is 0 Å². The highest BCUT2D eigenvalue weighted by Crippen LogP contribution is 2.07. The van der Waals surface area contributed by atoms with Crippen LogP contribution in [0.15, 0.2) is 16.9 Å². The number of nitrogens with zero attached hydrogens (tertiary/aromatic N) is 1. The molecule has 0 saturated carbocycles. The Morgan fingerprint density at radius 2 is 2.64 bits per heavy atom. The number of anilines is 1. The van der Waals surface area contributed by atoms with E-state index >= 15 is 0 Å². The van der Waals surface area contributed by atoms with E-state index in [-0.39, 0.29) is 6.01 Å². The average Bonchev–Trinajstić information content (AvgIpc) is 2.68. The van der Waals surface area contributed by atoms with Crippen LogP contribution in [0.1, 0.15) is 0 Å². The summed E-state index contributed by atoms with van der Waals surface area (Å²) in [6.45, 7) is 0. The van der Waals surface area contributed by atoms with Gasteiger partial charge >= 0.3 is 0 Å². The van der Waals surface area contributed by atoms with Gasteiger partial charge in [-0.25, -0.2) is 10.5 Å². The zero-order valence-corrected chi connectivity index (χ0v) is 8.37. The van der Waals surface area contributed by atoms with Gasteiger partial charge in [0.1, 0.15) is 12.3 Å². The van der Waals surface area contributed by atoms with E-state index < -0.39 is 11.9 Å². The lowest BCUT2D eigenvalue weighted by molar-refractivity contribution is -0.129. The van der Waals surface area contributed by atoms with E-state index in [1.54, 1.807) is 5.48 Å². The van der Waals surface area contributed by atoms with E-state index in [0.717, 1.165) is 0 Å². The van der Waals surface area contributed by atoms with E-state index in [0.29, 0.717) is 5.75 Å². The monoisotopic (exact) mass is 217 g/mol. The Balaban J connectivity index is 2.55. The molecule has 6 nitrogen and oxygen atoms in total. The number of oxazole rings is 1. The summed E-state index contributed by atoms with van der Waals surface area (Å²) < 4.78 is 4.91. The molecule has 1 aromatic heterocycles. The maximum absolute atomic E-state index is 11.1. The van der Waals surface area contributed by atoms with Crippen LogP contribution in [0.25, 0.3) is 0 Å². The van der Waals surface area contributed by atoms with Crippen LogP contribution in [0.4, 0.5) is 6.01 Å². The fourth-order valence-corrected chi connectivity index (χ4v) is 1.44. The van der Waals surface area contributed by atoms with E-state index in [4.69, 9.17) is 9.62 Å². The van der Waals surface area contributed by atoms with E-state index in [1.807, 2.05) is 6.26 Å². The van der Waals surface area contributed by atoms with Crippen LogP contribution in [-0.4, -0.2) is 34.1 Å². The van der Waals surface area contributed by atoms with Gasteiger partial charge in [0, 0.05) is 5.75 Å². The van der Waals surface area contributed by atoms with Crippen LogP contribution in [0.3, 0.4) is 0 Å². The first-order chi connectivity index (χ1) is 6.77. The number of hydroxylamine groups is 1. The van der Waals surface area contributed by atoms with Gasteiger partial charge in [0.25, 0.3) is 11.9 Å². The first-order valence-electron chi connectivity index (χ1n) is 3.87. The second-order valence-electron chi connectivity index (χ2n) is 2.47. The van der Waals surface area contributed by atoms with Crippen LogP contribution in [0, 0.1) is 0 Å². The van der Waals surface area contributed by atoms with Crippen molar-refractivity contribution in [2.24, 2.45) is 0 Å². The third-order valence-electron chi connectivity index (χ3n) is 1.49. The van der Waals surface area contributed by atoms with Gasteiger partial charge in [-0.15, -0.1) is 0 Å². The highest BCUT2D eigenvalue weighted by Gasteiger charge is 2.18. The number of aromatic nitrogens is 1. The average molecular weight is 217 g/mol. The summed E-state index contributed by atoms with van der Waals surface area (Å²) >= 11 is 1.47. The summed E-state index contributed by atoms with van der Waals surface area (Å²) in [4.78, 5) is 14.9. The number of carbonyl (C=O) groups is 1. The van der Waals surface area contributed by atoms with Crippen molar-refractivity contribution in [1.82, 2.24) is 10.5 Å². The number of amides is 1. The van der Waals surface area contributed by atoms with Crippen molar-refractivity contribution in [2.75, 3.05) is 17.3 Å². The van der Waals surface area contributed by atoms with Crippen LogP contribution in [0.2, 0.25) is 0 Å². The maximum Gasteiger partial charge on any atom is 0.295 e. The highest BCUT2D eigenvalue weighted by atomic mass is 32.2. The summed E-state index contributed by atoms with van der Waals surface area (Å²) in [6.07, 6.45) is 4.72. The highest BCUT2D eigenvalue weighted by molar-refractivity contribution is 7.98. The zero-order valence-electron chi connectivity index (χ0n) is 7.56. The SMILES string of the molecule is CSCC(Nc1ncco1)C(=O)NO. The molecule has 0 aliphatic heterocycles. The lowest BCUT2D eigenvalue weighted by Crippen LogP contribution is -2.39. The van der Waals surface area contributed by atoms with Crippen molar-refractivity contribution in [3.63, 3.8) is 0 Å². The van der Waals surface area contributed by atoms with Crippen molar-refractivity contribution in [1.29, 1.82) is 0 Å². The lowest BCUT2D eigenvalue weighted by Gasteiger charge is -2.13.